The van der Waals surface area contributed by atoms with Gasteiger partial charge in [-0.05, 0) is 69.7 Å². The fraction of sp³-hybridized carbons (Fsp3) is 0.743. The van der Waals surface area contributed by atoms with Crippen LogP contribution in [0.4, 0.5) is 8.78 Å². The Bertz CT molecular complexity index is 1160. The molecule has 1 aliphatic carbocycles. The number of carbonyl (C=O) groups is 3. The second-order valence-electron chi connectivity index (χ2n) is 13.1. The number of aryl methyl sites for hydroxylation is 1. The third kappa shape index (κ3) is 11.8. The summed E-state index contributed by atoms with van der Waals surface area (Å²) in [4.78, 5) is 42.8. The predicted octanol–water partition coefficient (Wildman–Crippen LogP) is 2.34. The number of rotatable bonds is 12. The van der Waals surface area contributed by atoms with Crippen LogP contribution < -0.4 is 32.2 Å². The summed E-state index contributed by atoms with van der Waals surface area (Å²) < 4.78 is 39.0. The average Bonchev–Trinajstić information content (AvgIpc) is 3.52. The van der Waals surface area contributed by atoms with Crippen LogP contribution >= 0.6 is 0 Å². The van der Waals surface area contributed by atoms with Crippen LogP contribution in [0, 0.1) is 5.92 Å². The van der Waals surface area contributed by atoms with Crippen LogP contribution in [-0.2, 0) is 25.5 Å². The van der Waals surface area contributed by atoms with Crippen molar-refractivity contribution in [2.45, 2.75) is 115 Å². The van der Waals surface area contributed by atoms with Gasteiger partial charge in [0.05, 0.1) is 19.4 Å². The number of nitrogens with zero attached hydrogens (tertiary/aromatic N) is 2. The molecule has 49 heavy (non-hydrogen) atoms. The molecule has 0 aromatic heterocycles. The largest absolute Gasteiger partial charge is 0.493 e. The van der Waals surface area contributed by atoms with Gasteiger partial charge in [-0.3, -0.25) is 29.9 Å². The maximum atomic E-state index is 13.9. The van der Waals surface area contributed by atoms with Crippen molar-refractivity contribution in [2.75, 3.05) is 46.6 Å². The van der Waals surface area contributed by atoms with Crippen molar-refractivity contribution in [1.29, 1.82) is 0 Å². The van der Waals surface area contributed by atoms with Crippen LogP contribution in [0.3, 0.4) is 0 Å². The standard InChI is InChI=1S/C24H43F2N7O4.C9H10O.C2H6/c1-3-4-9-30-20(27)22(35)31-19(15-5-7-24(25,26)8-6-15)23(36)33-11-16-10-17(37-14-29-2)12-32(16)13-18(33)21(28)34;1-2-6-9-8(4-1)5-3-7-10-9;1-2/h15-20,29-30H,3-14,27H2,1-2H3,(H2,28,34)(H,31,35);1-2,4,6H,3,5,7H2;1-2H3. The summed E-state index contributed by atoms with van der Waals surface area (Å²) in [5.74, 6) is -3.92. The van der Waals surface area contributed by atoms with Crippen LogP contribution in [0.1, 0.15) is 77.7 Å². The summed E-state index contributed by atoms with van der Waals surface area (Å²) in [5.41, 5.74) is 13.1. The first kappa shape index (κ1) is 40.5. The molecule has 278 valence electrons. The van der Waals surface area contributed by atoms with E-state index in [-0.39, 0.29) is 50.9 Å². The van der Waals surface area contributed by atoms with Crippen molar-refractivity contribution in [2.24, 2.45) is 17.4 Å². The molecule has 14 heteroatoms. The Morgan fingerprint density at radius 3 is 2.49 bits per heavy atom. The first-order chi connectivity index (χ1) is 23.5. The lowest BCUT2D eigenvalue weighted by Crippen LogP contribution is -2.66. The highest BCUT2D eigenvalue weighted by molar-refractivity contribution is 5.93. The summed E-state index contributed by atoms with van der Waals surface area (Å²) in [7, 11) is 1.78. The van der Waals surface area contributed by atoms with Gasteiger partial charge in [0.25, 0.3) is 5.91 Å². The Balaban J connectivity index is 0.000000453. The summed E-state index contributed by atoms with van der Waals surface area (Å²) in [6, 6.07) is 6.24. The number of fused-ring (bicyclic) bond motifs is 2. The number of halogens is 2. The molecule has 2 saturated heterocycles. The summed E-state index contributed by atoms with van der Waals surface area (Å²) >= 11 is 0. The third-order valence-corrected chi connectivity index (χ3v) is 9.55. The van der Waals surface area contributed by atoms with Crippen molar-refractivity contribution in [1.82, 2.24) is 25.8 Å². The molecular formula is C35H59F2N7O5. The number of carbonyl (C=O) groups excluding carboxylic acids is 3. The summed E-state index contributed by atoms with van der Waals surface area (Å²) in [6.45, 7) is 8.93. The number of ether oxygens (including phenoxy) is 2. The number of primary amides is 1. The molecule has 1 saturated carbocycles. The fourth-order valence-corrected chi connectivity index (χ4v) is 6.86. The van der Waals surface area contributed by atoms with Gasteiger partial charge < -0.3 is 31.2 Å². The monoisotopic (exact) mass is 695 g/mol. The van der Waals surface area contributed by atoms with E-state index in [2.05, 4.69) is 33.0 Å². The van der Waals surface area contributed by atoms with Crippen molar-refractivity contribution in [3.63, 3.8) is 0 Å². The van der Waals surface area contributed by atoms with E-state index < -0.39 is 47.8 Å². The van der Waals surface area contributed by atoms with E-state index in [0.717, 1.165) is 31.6 Å². The van der Waals surface area contributed by atoms with Gasteiger partial charge >= 0.3 is 0 Å². The molecule has 1 aromatic rings. The maximum absolute atomic E-state index is 13.9. The first-order valence-electron chi connectivity index (χ1n) is 18.0. The molecule has 3 fully saturated rings. The first-order valence-corrected chi connectivity index (χ1v) is 18.0. The van der Waals surface area contributed by atoms with Gasteiger partial charge in [-0.1, -0.05) is 45.4 Å². The second kappa shape index (κ2) is 20.1. The lowest BCUT2D eigenvalue weighted by Gasteiger charge is -2.44. The number of hydrogen-bond donors (Lipinski definition) is 5. The number of nitrogens with one attached hydrogen (secondary N) is 3. The number of piperazine rings is 1. The predicted molar refractivity (Wildman–Crippen MR) is 185 cm³/mol. The number of nitrogens with two attached hydrogens (primary N) is 2. The fourth-order valence-electron chi connectivity index (χ4n) is 6.86. The van der Waals surface area contributed by atoms with E-state index in [0.29, 0.717) is 26.2 Å². The number of amides is 3. The zero-order chi connectivity index (χ0) is 36.0. The third-order valence-electron chi connectivity index (χ3n) is 9.55. The summed E-state index contributed by atoms with van der Waals surface area (Å²) in [6.07, 6.45) is 3.09. The van der Waals surface area contributed by atoms with Crippen LogP contribution in [0.15, 0.2) is 24.3 Å². The Labute approximate surface area is 290 Å². The second-order valence-corrected chi connectivity index (χ2v) is 13.1. The SMILES string of the molecule is CC.CCCCNC(N)C(=O)NC(C(=O)N1CC2CC(OCNC)CN2CC1C(N)=O)C1CCC(F)(F)CC1.c1ccc2c(c1)CCCO2. The Morgan fingerprint density at radius 1 is 1.12 bits per heavy atom. The number of para-hydroxylation sites is 1. The minimum Gasteiger partial charge on any atom is -0.493 e. The van der Waals surface area contributed by atoms with Crippen LogP contribution in [0.2, 0.25) is 0 Å². The van der Waals surface area contributed by atoms with Crippen molar-refractivity contribution < 1.29 is 32.6 Å². The average molecular weight is 696 g/mol. The quantitative estimate of drug-likeness (QED) is 0.163. The van der Waals surface area contributed by atoms with E-state index in [1.807, 2.05) is 32.9 Å². The Kier molecular flexibility index (Phi) is 16.6. The molecule has 12 nitrogen and oxygen atoms in total. The van der Waals surface area contributed by atoms with Gasteiger partial charge in [-0.25, -0.2) is 8.78 Å². The normalized spacial score (nSPS) is 24.4. The van der Waals surface area contributed by atoms with Crippen molar-refractivity contribution >= 4 is 17.7 Å². The topological polar surface area (TPSA) is 164 Å². The van der Waals surface area contributed by atoms with Gasteiger partial charge in [0, 0.05) is 38.5 Å². The van der Waals surface area contributed by atoms with E-state index in [9.17, 15) is 23.2 Å². The smallest absolute Gasteiger partial charge is 0.252 e. The van der Waals surface area contributed by atoms with Crippen molar-refractivity contribution in [3.8, 4) is 5.75 Å². The van der Waals surface area contributed by atoms with Crippen LogP contribution in [0.25, 0.3) is 0 Å². The Hall–Kier alpha value is -2.91. The van der Waals surface area contributed by atoms with Gasteiger partial charge in [-0.2, -0.15) is 0 Å². The van der Waals surface area contributed by atoms with E-state index >= 15 is 0 Å². The molecule has 0 radical (unpaired) electrons. The molecule has 7 N–H and O–H groups in total. The number of hydrogen-bond acceptors (Lipinski definition) is 9. The summed E-state index contributed by atoms with van der Waals surface area (Å²) in [5, 5.41) is 8.60. The van der Waals surface area contributed by atoms with Gasteiger partial charge in [0.15, 0.2) is 0 Å². The minimum absolute atomic E-state index is 0.0357. The van der Waals surface area contributed by atoms with Gasteiger partial charge in [0.1, 0.15) is 24.0 Å². The minimum atomic E-state index is -2.79. The Morgan fingerprint density at radius 2 is 1.84 bits per heavy atom. The number of unbranched alkanes of at least 4 members (excludes halogenated alkanes) is 1. The lowest BCUT2D eigenvalue weighted by atomic mass is 9.81. The highest BCUT2D eigenvalue weighted by Crippen LogP contribution is 2.38. The number of alkyl halides is 2. The van der Waals surface area contributed by atoms with E-state index in [4.69, 9.17) is 20.9 Å². The molecular weight excluding hydrogens is 636 g/mol. The van der Waals surface area contributed by atoms with Crippen LogP contribution in [0.5, 0.6) is 5.75 Å². The molecule has 5 atom stereocenters. The van der Waals surface area contributed by atoms with Gasteiger partial charge in [-0.15, -0.1) is 0 Å². The molecule has 3 aliphatic heterocycles. The molecule has 0 spiro atoms. The zero-order valence-corrected chi connectivity index (χ0v) is 29.7. The molecule has 3 heterocycles. The maximum Gasteiger partial charge on any atom is 0.252 e. The molecule has 4 aliphatic rings. The zero-order valence-electron chi connectivity index (χ0n) is 29.7. The molecule has 3 amide bonds. The highest BCUT2D eigenvalue weighted by Gasteiger charge is 2.48. The molecule has 5 unspecified atom stereocenters. The number of benzene rings is 1. The molecule has 0 bridgehead atoms. The van der Waals surface area contributed by atoms with E-state index in [1.165, 1.54) is 16.9 Å². The molecule has 1 aromatic carbocycles. The van der Waals surface area contributed by atoms with Crippen molar-refractivity contribution in [3.05, 3.63) is 29.8 Å². The van der Waals surface area contributed by atoms with E-state index in [1.54, 1.807) is 7.05 Å². The van der Waals surface area contributed by atoms with Gasteiger partial charge in [0.2, 0.25) is 17.7 Å². The van der Waals surface area contributed by atoms with Crippen LogP contribution in [-0.4, -0.2) is 110 Å². The molecule has 5 rings (SSSR count). The highest BCUT2D eigenvalue weighted by atomic mass is 19.3. The lowest BCUT2D eigenvalue weighted by molar-refractivity contribution is -0.149.